The molecule has 1 aromatic carbocycles. The summed E-state index contributed by atoms with van der Waals surface area (Å²) in [5.41, 5.74) is 1.93. The molecule has 0 spiro atoms. The molecule has 17 heavy (non-hydrogen) atoms. The van der Waals surface area contributed by atoms with Gasteiger partial charge in [0.1, 0.15) is 0 Å². The van der Waals surface area contributed by atoms with Gasteiger partial charge in [0.2, 0.25) is 0 Å². The minimum Gasteiger partial charge on any atom is -0.379 e. The molecule has 1 rings (SSSR count). The molecular weight excluding hydrogens is 253 g/mol. The second kappa shape index (κ2) is 4.70. The van der Waals surface area contributed by atoms with Gasteiger partial charge in [0, 0.05) is 10.6 Å². The fourth-order valence-electron chi connectivity index (χ4n) is 1.62. The molecule has 0 radical (unpaired) electrons. The molecule has 0 heterocycles. The van der Waals surface area contributed by atoms with Crippen LogP contribution in [-0.2, 0) is 5.41 Å². The van der Waals surface area contributed by atoms with Gasteiger partial charge in [0.05, 0.1) is 10.7 Å². The molecule has 0 amide bonds. The van der Waals surface area contributed by atoms with Gasteiger partial charge in [-0.3, -0.25) is 0 Å². The third kappa shape index (κ3) is 4.08. The van der Waals surface area contributed by atoms with E-state index in [1.54, 1.807) is 0 Å². The Morgan fingerprint density at radius 2 is 1.41 bits per heavy atom. The molecular formula is C14H21Cl2N. The molecule has 3 heteroatoms. The van der Waals surface area contributed by atoms with Crippen molar-refractivity contribution in [3.05, 3.63) is 27.7 Å². The van der Waals surface area contributed by atoms with Crippen LogP contribution in [-0.4, -0.2) is 5.54 Å². The average molecular weight is 274 g/mol. The van der Waals surface area contributed by atoms with Gasteiger partial charge in [0.25, 0.3) is 0 Å². The van der Waals surface area contributed by atoms with Gasteiger partial charge in [-0.25, -0.2) is 0 Å². The first-order valence-electron chi connectivity index (χ1n) is 5.78. The number of halogens is 2. The first kappa shape index (κ1) is 14.7. The summed E-state index contributed by atoms with van der Waals surface area (Å²) >= 11 is 12.6. The van der Waals surface area contributed by atoms with Crippen LogP contribution in [0.4, 0.5) is 5.69 Å². The Labute approximate surface area is 115 Å². The number of nitrogens with one attached hydrogen (secondary N) is 1. The molecule has 0 aliphatic carbocycles. The van der Waals surface area contributed by atoms with Crippen LogP contribution in [0.3, 0.4) is 0 Å². The molecule has 0 saturated carbocycles. The monoisotopic (exact) mass is 273 g/mol. The highest BCUT2D eigenvalue weighted by atomic mass is 35.5. The summed E-state index contributed by atoms with van der Waals surface area (Å²) in [5.74, 6) is 0. The number of benzene rings is 1. The SMILES string of the molecule is CC(C)(C)Nc1cc(Cl)c(C(C)(C)C)cc1Cl. The molecule has 96 valence electrons. The van der Waals surface area contributed by atoms with Crippen molar-refractivity contribution in [1.29, 1.82) is 0 Å². The van der Waals surface area contributed by atoms with E-state index in [0.717, 1.165) is 16.3 Å². The van der Waals surface area contributed by atoms with Gasteiger partial charge in [-0.2, -0.15) is 0 Å². The van der Waals surface area contributed by atoms with Crippen molar-refractivity contribution in [2.75, 3.05) is 5.32 Å². The molecule has 0 unspecified atom stereocenters. The Morgan fingerprint density at radius 1 is 0.882 bits per heavy atom. The van der Waals surface area contributed by atoms with Gasteiger partial charge in [-0.15, -0.1) is 0 Å². The highest BCUT2D eigenvalue weighted by Crippen LogP contribution is 2.36. The topological polar surface area (TPSA) is 12.0 Å². The average Bonchev–Trinajstić information content (AvgIpc) is 2.06. The maximum Gasteiger partial charge on any atom is 0.0641 e. The summed E-state index contributed by atoms with van der Waals surface area (Å²) in [7, 11) is 0. The van der Waals surface area contributed by atoms with E-state index in [-0.39, 0.29) is 11.0 Å². The van der Waals surface area contributed by atoms with Crippen molar-refractivity contribution in [2.24, 2.45) is 0 Å². The molecule has 1 N–H and O–H groups in total. The van der Waals surface area contributed by atoms with Crippen LogP contribution in [0, 0.1) is 0 Å². The lowest BCUT2D eigenvalue weighted by Gasteiger charge is -2.26. The zero-order valence-corrected chi connectivity index (χ0v) is 12.9. The van der Waals surface area contributed by atoms with Gasteiger partial charge >= 0.3 is 0 Å². The first-order valence-corrected chi connectivity index (χ1v) is 6.54. The lowest BCUT2D eigenvalue weighted by atomic mass is 9.87. The Balaban J connectivity index is 3.19. The quantitative estimate of drug-likeness (QED) is 0.712. The van der Waals surface area contributed by atoms with Crippen LogP contribution in [0.15, 0.2) is 12.1 Å². The van der Waals surface area contributed by atoms with Crippen LogP contribution in [0.1, 0.15) is 47.1 Å². The number of rotatable bonds is 1. The van der Waals surface area contributed by atoms with E-state index in [2.05, 4.69) is 46.9 Å². The Hall–Kier alpha value is -0.400. The Kier molecular flexibility index (Phi) is 4.05. The molecule has 1 aromatic rings. The summed E-state index contributed by atoms with van der Waals surface area (Å²) in [4.78, 5) is 0. The lowest BCUT2D eigenvalue weighted by Crippen LogP contribution is -2.26. The molecule has 0 aromatic heterocycles. The number of hydrogen-bond acceptors (Lipinski definition) is 1. The third-order valence-corrected chi connectivity index (χ3v) is 3.00. The van der Waals surface area contributed by atoms with Crippen LogP contribution in [0.25, 0.3) is 0 Å². The summed E-state index contributed by atoms with van der Waals surface area (Å²) in [6.45, 7) is 12.7. The van der Waals surface area contributed by atoms with E-state index < -0.39 is 0 Å². The molecule has 1 nitrogen and oxygen atoms in total. The standard InChI is InChI=1S/C14H21Cl2N/c1-13(2,3)9-7-11(16)12(8-10(9)15)17-14(4,5)6/h7-8,17H,1-6H3. The second-order valence-electron chi connectivity index (χ2n) is 6.44. The minimum absolute atomic E-state index is 0.000978. The highest BCUT2D eigenvalue weighted by molar-refractivity contribution is 6.35. The van der Waals surface area contributed by atoms with Gasteiger partial charge in [0.15, 0.2) is 0 Å². The number of anilines is 1. The van der Waals surface area contributed by atoms with Crippen molar-refractivity contribution in [2.45, 2.75) is 52.5 Å². The van der Waals surface area contributed by atoms with E-state index >= 15 is 0 Å². The van der Waals surface area contributed by atoms with Crippen molar-refractivity contribution >= 4 is 28.9 Å². The molecule has 0 atom stereocenters. The summed E-state index contributed by atoms with van der Waals surface area (Å²) in [6, 6.07) is 3.87. The van der Waals surface area contributed by atoms with Gasteiger partial charge in [-0.05, 0) is 43.9 Å². The first-order chi connectivity index (χ1) is 7.50. The smallest absolute Gasteiger partial charge is 0.0641 e. The Bertz CT molecular complexity index is 411. The van der Waals surface area contributed by atoms with E-state index in [9.17, 15) is 0 Å². The van der Waals surface area contributed by atoms with Crippen LogP contribution < -0.4 is 5.32 Å². The molecule has 0 fully saturated rings. The maximum atomic E-state index is 6.32. The predicted molar refractivity (Wildman–Crippen MR) is 78.5 cm³/mol. The molecule has 0 aliphatic rings. The molecule has 0 bridgehead atoms. The lowest BCUT2D eigenvalue weighted by molar-refractivity contribution is 0.590. The van der Waals surface area contributed by atoms with Crippen molar-refractivity contribution in [3.8, 4) is 0 Å². The zero-order chi connectivity index (χ0) is 13.4. The van der Waals surface area contributed by atoms with E-state index in [4.69, 9.17) is 23.2 Å². The van der Waals surface area contributed by atoms with Crippen molar-refractivity contribution in [1.82, 2.24) is 0 Å². The fraction of sp³-hybridized carbons (Fsp3) is 0.571. The van der Waals surface area contributed by atoms with E-state index in [1.165, 1.54) is 0 Å². The molecule has 0 aliphatic heterocycles. The minimum atomic E-state index is -0.0315. The summed E-state index contributed by atoms with van der Waals surface area (Å²) in [5, 5.41) is 4.83. The van der Waals surface area contributed by atoms with Gasteiger partial charge < -0.3 is 5.32 Å². The van der Waals surface area contributed by atoms with Gasteiger partial charge in [-0.1, -0.05) is 44.0 Å². The maximum absolute atomic E-state index is 6.32. The summed E-state index contributed by atoms with van der Waals surface area (Å²) < 4.78 is 0. The third-order valence-electron chi connectivity index (χ3n) is 2.37. The molecule has 0 saturated heterocycles. The fourth-order valence-corrected chi connectivity index (χ4v) is 2.28. The van der Waals surface area contributed by atoms with Crippen LogP contribution in [0.2, 0.25) is 10.0 Å². The number of hydrogen-bond donors (Lipinski definition) is 1. The van der Waals surface area contributed by atoms with E-state index in [0.29, 0.717) is 5.02 Å². The van der Waals surface area contributed by atoms with Crippen molar-refractivity contribution in [3.63, 3.8) is 0 Å². The van der Waals surface area contributed by atoms with Crippen LogP contribution >= 0.6 is 23.2 Å². The largest absolute Gasteiger partial charge is 0.379 e. The second-order valence-corrected chi connectivity index (χ2v) is 7.25. The Morgan fingerprint density at radius 3 is 1.82 bits per heavy atom. The normalized spacial score (nSPS) is 12.7. The summed E-state index contributed by atoms with van der Waals surface area (Å²) in [6.07, 6.45) is 0. The van der Waals surface area contributed by atoms with E-state index in [1.807, 2.05) is 12.1 Å². The van der Waals surface area contributed by atoms with Crippen molar-refractivity contribution < 1.29 is 0 Å². The predicted octanol–water partition coefficient (Wildman–Crippen LogP) is 5.50. The van der Waals surface area contributed by atoms with Crippen LogP contribution in [0.5, 0.6) is 0 Å². The zero-order valence-electron chi connectivity index (χ0n) is 11.4. The highest BCUT2D eigenvalue weighted by Gasteiger charge is 2.20.